The minimum atomic E-state index is -2.53. The van der Waals surface area contributed by atoms with Gasteiger partial charge in [-0.15, -0.1) is 0 Å². The topological polar surface area (TPSA) is 117 Å². The quantitative estimate of drug-likeness (QED) is 0.210. The summed E-state index contributed by atoms with van der Waals surface area (Å²) >= 11 is 6.41. The molecule has 3 aliphatic rings. The highest BCUT2D eigenvalue weighted by molar-refractivity contribution is 6.30. The molecule has 0 saturated heterocycles. The van der Waals surface area contributed by atoms with Crippen molar-refractivity contribution >= 4 is 29.2 Å². The number of nitrogens with zero attached hydrogens (tertiary/aromatic N) is 1. The number of carboxylic acid groups (broad SMARTS) is 1. The molecule has 0 bridgehead atoms. The monoisotopic (exact) mass is 653 g/mol. The number of hydrogen-bond acceptors (Lipinski definition) is 7. The number of esters is 1. The lowest BCUT2D eigenvalue weighted by molar-refractivity contribution is -0.184. The van der Waals surface area contributed by atoms with E-state index in [1.807, 2.05) is 31.2 Å². The number of aryl methyl sites for hydroxylation is 1. The van der Waals surface area contributed by atoms with Gasteiger partial charge >= 0.3 is 11.9 Å². The zero-order valence-electron chi connectivity index (χ0n) is 27.6. The van der Waals surface area contributed by atoms with Crippen molar-refractivity contribution < 1.29 is 34.4 Å². The predicted octanol–water partition coefficient (Wildman–Crippen LogP) is 6.42. The molecule has 1 fully saturated rings. The first kappa shape index (κ1) is 34.3. The SMILES string of the molecule is C/C=C/[C@H](O)[C@@H]1CC[C@H]1CN1C[C@@]2(CCCc3cc(Cl)ccc32)COc2ccc([C@](O)(C(=O)O)[C@H](CC)C(=O)OC(C)(C)C)cc21. The molecule has 2 aromatic carbocycles. The number of ether oxygens (including phenoxy) is 2. The van der Waals surface area contributed by atoms with Crippen LogP contribution >= 0.6 is 11.6 Å². The number of aliphatic hydroxyl groups excluding tert-OH is 1. The van der Waals surface area contributed by atoms with E-state index in [9.17, 15) is 24.9 Å². The average Bonchev–Trinajstić information content (AvgIpc) is 3.11. The van der Waals surface area contributed by atoms with Gasteiger partial charge in [0.05, 0.1) is 18.4 Å². The second-order valence-electron chi connectivity index (χ2n) is 14.4. The second-order valence-corrected chi connectivity index (χ2v) is 14.8. The molecule has 1 heterocycles. The molecule has 5 rings (SSSR count). The van der Waals surface area contributed by atoms with E-state index in [-0.39, 0.29) is 29.2 Å². The summed E-state index contributed by atoms with van der Waals surface area (Å²) in [5.74, 6) is -2.73. The molecule has 1 saturated carbocycles. The standard InChI is InChI=1S/C37H48ClNO7/c1-6-9-31(40)27-14-11-24(27)20-39-21-36(17-8-10-23-18-26(38)13-15-29(23)36)22-45-32-16-12-25(19-30(32)39)37(44,34(42)43)28(7-2)33(41)46-35(3,4)5/h6,9,12-13,15-16,18-19,24,27-28,31,40,44H,7-8,10-11,14,17,20-22H2,1-5H3,(H,42,43)/b9-6+/t24-,27+,28+,31-,36-,37+/m0/s1. The molecular formula is C37H48ClNO7. The van der Waals surface area contributed by atoms with Crippen LogP contribution < -0.4 is 9.64 Å². The Morgan fingerprint density at radius 1 is 1.20 bits per heavy atom. The third kappa shape index (κ3) is 6.54. The second kappa shape index (κ2) is 13.2. The Hall–Kier alpha value is -3.07. The first-order chi connectivity index (χ1) is 21.7. The Morgan fingerprint density at radius 3 is 2.59 bits per heavy atom. The number of carbonyl (C=O) groups is 2. The van der Waals surface area contributed by atoms with Gasteiger partial charge in [-0.2, -0.15) is 0 Å². The van der Waals surface area contributed by atoms with Crippen molar-refractivity contribution in [2.24, 2.45) is 17.8 Å². The summed E-state index contributed by atoms with van der Waals surface area (Å²) in [6.07, 6.45) is 7.93. The first-order valence-corrected chi connectivity index (χ1v) is 16.9. The molecule has 3 N–H and O–H groups in total. The highest BCUT2D eigenvalue weighted by atomic mass is 35.5. The van der Waals surface area contributed by atoms with Crippen molar-refractivity contribution in [1.29, 1.82) is 0 Å². The molecule has 9 heteroatoms. The number of fused-ring (bicyclic) bond motifs is 3. The van der Waals surface area contributed by atoms with Crippen molar-refractivity contribution in [1.82, 2.24) is 0 Å². The van der Waals surface area contributed by atoms with E-state index >= 15 is 0 Å². The number of carbonyl (C=O) groups excluding carboxylic acids is 1. The number of rotatable bonds is 9. The van der Waals surface area contributed by atoms with E-state index in [1.165, 1.54) is 11.1 Å². The van der Waals surface area contributed by atoms with Crippen LogP contribution in [0.5, 0.6) is 5.75 Å². The van der Waals surface area contributed by atoms with E-state index in [1.54, 1.807) is 45.9 Å². The Morgan fingerprint density at radius 2 is 1.96 bits per heavy atom. The van der Waals surface area contributed by atoms with E-state index in [0.717, 1.165) is 32.1 Å². The Labute approximate surface area is 277 Å². The highest BCUT2D eigenvalue weighted by Gasteiger charge is 2.51. The maximum atomic E-state index is 13.3. The Balaban J connectivity index is 1.59. The molecule has 2 aliphatic carbocycles. The number of hydrogen-bond donors (Lipinski definition) is 3. The number of halogens is 1. The summed E-state index contributed by atoms with van der Waals surface area (Å²) in [7, 11) is 0. The zero-order chi connectivity index (χ0) is 33.4. The van der Waals surface area contributed by atoms with Crippen LogP contribution in [0, 0.1) is 17.8 Å². The molecular weight excluding hydrogens is 606 g/mol. The molecule has 0 unspecified atom stereocenters. The average molecular weight is 654 g/mol. The van der Waals surface area contributed by atoms with Crippen LogP contribution in [0.3, 0.4) is 0 Å². The molecule has 250 valence electrons. The van der Waals surface area contributed by atoms with Crippen LogP contribution in [0.4, 0.5) is 5.69 Å². The van der Waals surface area contributed by atoms with Crippen LogP contribution in [0.15, 0.2) is 48.6 Å². The maximum Gasteiger partial charge on any atom is 0.341 e. The van der Waals surface area contributed by atoms with Gasteiger partial charge in [0, 0.05) is 23.5 Å². The summed E-state index contributed by atoms with van der Waals surface area (Å²) in [5, 5.41) is 34.0. The van der Waals surface area contributed by atoms with Crippen molar-refractivity contribution in [2.75, 3.05) is 24.6 Å². The van der Waals surface area contributed by atoms with Crippen LogP contribution in [-0.4, -0.2) is 58.7 Å². The normalized spacial score (nSPS) is 25.3. The third-order valence-electron chi connectivity index (χ3n) is 10.2. The summed E-state index contributed by atoms with van der Waals surface area (Å²) in [4.78, 5) is 28.4. The molecule has 1 aliphatic heterocycles. The lowest BCUT2D eigenvalue weighted by Crippen LogP contribution is -2.50. The fourth-order valence-electron chi connectivity index (χ4n) is 7.72. The number of aliphatic carboxylic acids is 1. The lowest BCUT2D eigenvalue weighted by atomic mass is 9.68. The third-order valence-corrected chi connectivity index (χ3v) is 10.4. The summed E-state index contributed by atoms with van der Waals surface area (Å²) in [6.45, 7) is 10.4. The van der Waals surface area contributed by atoms with Gasteiger partial charge < -0.3 is 29.7 Å². The lowest BCUT2D eigenvalue weighted by Gasteiger charge is -2.45. The van der Waals surface area contributed by atoms with Gasteiger partial charge in [0.15, 0.2) is 0 Å². The van der Waals surface area contributed by atoms with Crippen molar-refractivity contribution in [3.8, 4) is 5.75 Å². The van der Waals surface area contributed by atoms with Crippen molar-refractivity contribution in [3.63, 3.8) is 0 Å². The van der Waals surface area contributed by atoms with Crippen molar-refractivity contribution in [2.45, 2.75) is 95.9 Å². The smallest absolute Gasteiger partial charge is 0.341 e. The van der Waals surface area contributed by atoms with E-state index in [0.29, 0.717) is 36.2 Å². The van der Waals surface area contributed by atoms with Gasteiger partial charge in [0.2, 0.25) is 5.60 Å². The van der Waals surface area contributed by atoms with Crippen LogP contribution in [0.1, 0.15) is 83.4 Å². The van der Waals surface area contributed by atoms with Gasteiger partial charge in [-0.1, -0.05) is 42.8 Å². The molecule has 0 radical (unpaired) electrons. The highest BCUT2D eigenvalue weighted by Crippen LogP contribution is 2.48. The van der Waals surface area contributed by atoms with Crippen molar-refractivity contribution in [3.05, 3.63) is 70.3 Å². The molecule has 8 nitrogen and oxygen atoms in total. The summed E-state index contributed by atoms with van der Waals surface area (Å²) < 4.78 is 12.1. The molecule has 6 atom stereocenters. The van der Waals surface area contributed by atoms with Gasteiger partial charge in [0.1, 0.15) is 17.3 Å². The number of carboxylic acids is 1. The molecule has 0 amide bonds. The largest absolute Gasteiger partial charge is 0.490 e. The fraction of sp³-hybridized carbons (Fsp3) is 0.568. The van der Waals surface area contributed by atoms with Crippen LogP contribution in [0.25, 0.3) is 0 Å². The van der Waals surface area contributed by atoms with Gasteiger partial charge in [-0.25, -0.2) is 4.79 Å². The number of allylic oxidation sites excluding steroid dienone is 1. The number of benzene rings is 2. The minimum Gasteiger partial charge on any atom is -0.490 e. The Kier molecular flexibility index (Phi) is 9.84. The maximum absolute atomic E-state index is 13.3. The van der Waals surface area contributed by atoms with E-state index in [4.69, 9.17) is 21.1 Å². The fourth-order valence-corrected chi connectivity index (χ4v) is 7.92. The van der Waals surface area contributed by atoms with E-state index < -0.39 is 35.2 Å². The minimum absolute atomic E-state index is 0.0596. The molecule has 46 heavy (non-hydrogen) atoms. The van der Waals surface area contributed by atoms with E-state index in [2.05, 4.69) is 11.0 Å². The predicted molar refractivity (Wildman–Crippen MR) is 178 cm³/mol. The van der Waals surface area contributed by atoms with Gasteiger partial charge in [0.25, 0.3) is 0 Å². The van der Waals surface area contributed by atoms with Gasteiger partial charge in [-0.05, 0) is 119 Å². The zero-order valence-corrected chi connectivity index (χ0v) is 28.3. The summed E-state index contributed by atoms with van der Waals surface area (Å²) in [6, 6.07) is 11.0. The molecule has 2 aromatic rings. The molecule has 0 aromatic heterocycles. The van der Waals surface area contributed by atoms with Crippen LogP contribution in [-0.2, 0) is 31.8 Å². The number of anilines is 1. The Bertz CT molecular complexity index is 1480. The number of aliphatic hydroxyl groups is 2. The molecule has 1 spiro atoms. The first-order valence-electron chi connectivity index (χ1n) is 16.5. The van der Waals surface area contributed by atoms with Gasteiger partial charge in [-0.3, -0.25) is 4.79 Å². The van der Waals surface area contributed by atoms with Crippen LogP contribution in [0.2, 0.25) is 5.02 Å². The summed E-state index contributed by atoms with van der Waals surface area (Å²) in [5.41, 5.74) is -0.549.